The van der Waals surface area contributed by atoms with Crippen LogP contribution in [-0.4, -0.2) is 37.8 Å². The van der Waals surface area contributed by atoms with E-state index in [1.165, 1.54) is 0 Å². The maximum atomic E-state index is 12.6. The van der Waals surface area contributed by atoms with E-state index in [0.29, 0.717) is 44.3 Å². The Labute approximate surface area is 244 Å². The molecule has 0 spiro atoms. The molecule has 0 aliphatic carbocycles. The summed E-state index contributed by atoms with van der Waals surface area (Å²) in [5.41, 5.74) is 6.86. The van der Waals surface area contributed by atoms with Crippen LogP contribution in [0.5, 0.6) is 0 Å². The Bertz CT molecular complexity index is 1490. The Morgan fingerprint density at radius 1 is 0.905 bits per heavy atom. The van der Waals surface area contributed by atoms with E-state index in [9.17, 15) is 14.7 Å². The molecule has 3 aromatic carbocycles. The second-order valence-electron chi connectivity index (χ2n) is 10.5. The summed E-state index contributed by atoms with van der Waals surface area (Å²) in [6, 6.07) is 23.2. The number of carbonyl (C=O) groups excluding carboxylic acids is 2. The number of aromatic nitrogens is 2. The van der Waals surface area contributed by atoms with E-state index in [1.54, 1.807) is 5.48 Å². The Morgan fingerprint density at radius 2 is 1.69 bits per heavy atom. The highest BCUT2D eigenvalue weighted by Crippen LogP contribution is 2.39. The first-order valence-corrected chi connectivity index (χ1v) is 14.3. The van der Waals surface area contributed by atoms with E-state index >= 15 is 0 Å². The number of nitrogens with one attached hydrogen (secondary N) is 2. The smallest absolute Gasteiger partial charge is 0.243 e. The van der Waals surface area contributed by atoms with Crippen molar-refractivity contribution in [1.82, 2.24) is 15.0 Å². The fourth-order valence-corrected chi connectivity index (χ4v) is 5.20. The van der Waals surface area contributed by atoms with Crippen LogP contribution in [0.2, 0.25) is 0 Å². The van der Waals surface area contributed by atoms with Crippen LogP contribution in [0.4, 0.5) is 5.69 Å². The van der Waals surface area contributed by atoms with Gasteiger partial charge in [0, 0.05) is 30.5 Å². The van der Waals surface area contributed by atoms with Crippen molar-refractivity contribution in [3.8, 4) is 0 Å². The molecule has 0 bridgehead atoms. The number of imidazole rings is 1. The lowest BCUT2D eigenvalue weighted by Gasteiger charge is -2.36. The fourth-order valence-electron chi connectivity index (χ4n) is 5.20. The Balaban J connectivity index is 1.28. The average Bonchev–Trinajstić information content (AvgIpc) is 3.43. The van der Waals surface area contributed by atoms with Crippen LogP contribution in [0, 0.1) is 0 Å². The summed E-state index contributed by atoms with van der Waals surface area (Å²) in [6.07, 6.45) is 3.91. The van der Waals surface area contributed by atoms with Crippen molar-refractivity contribution in [1.29, 1.82) is 0 Å². The topological polar surface area (TPSA) is 135 Å². The summed E-state index contributed by atoms with van der Waals surface area (Å²) < 4.78 is 15.1. The van der Waals surface area contributed by atoms with Crippen molar-refractivity contribution in [2.75, 3.05) is 5.32 Å². The third kappa shape index (κ3) is 7.59. The molecule has 2 amide bonds. The number of amides is 2. The van der Waals surface area contributed by atoms with Crippen molar-refractivity contribution in [2.24, 2.45) is 0 Å². The van der Waals surface area contributed by atoms with E-state index in [2.05, 4.69) is 14.9 Å². The first kappa shape index (κ1) is 29.4. The molecule has 2 heterocycles. The number of nitrogens with zero attached hydrogens (tertiary/aromatic N) is 2. The molecular formula is C32H36N4O6. The molecule has 3 atom stereocenters. The number of aliphatic hydroxyl groups is 1. The Kier molecular flexibility index (Phi) is 9.94. The highest BCUT2D eigenvalue weighted by molar-refractivity contribution is 5.90. The third-order valence-electron chi connectivity index (χ3n) is 7.42. The maximum absolute atomic E-state index is 12.6. The minimum Gasteiger partial charge on any atom is -0.392 e. The van der Waals surface area contributed by atoms with Crippen LogP contribution >= 0.6 is 0 Å². The minimum absolute atomic E-state index is 0.0206. The summed E-state index contributed by atoms with van der Waals surface area (Å²) in [5.74, 6) is -0.538. The molecule has 1 aliphatic rings. The second kappa shape index (κ2) is 14.2. The molecule has 10 heteroatoms. The molecule has 4 aromatic rings. The van der Waals surface area contributed by atoms with Crippen molar-refractivity contribution in [2.45, 2.75) is 70.2 Å². The lowest BCUT2D eigenvalue weighted by Crippen LogP contribution is -2.32. The van der Waals surface area contributed by atoms with E-state index < -0.39 is 12.2 Å². The van der Waals surface area contributed by atoms with Gasteiger partial charge in [-0.25, -0.2) is 10.5 Å². The van der Waals surface area contributed by atoms with Gasteiger partial charge in [-0.05, 0) is 48.2 Å². The zero-order valence-electron chi connectivity index (χ0n) is 23.3. The zero-order chi connectivity index (χ0) is 29.3. The van der Waals surface area contributed by atoms with Crippen LogP contribution in [0.1, 0.15) is 67.6 Å². The number of unbranched alkanes of at least 4 members (excludes halogenated alkanes) is 2. The van der Waals surface area contributed by atoms with E-state index in [-0.39, 0.29) is 31.1 Å². The number of benzene rings is 3. The molecule has 1 fully saturated rings. The van der Waals surface area contributed by atoms with Gasteiger partial charge in [-0.1, -0.05) is 55.0 Å². The number of para-hydroxylation sites is 2. The summed E-state index contributed by atoms with van der Waals surface area (Å²) in [4.78, 5) is 28.2. The highest BCUT2D eigenvalue weighted by atomic mass is 16.7. The summed E-state index contributed by atoms with van der Waals surface area (Å²) in [7, 11) is 0. The number of hydrogen-bond acceptors (Lipinski definition) is 7. The highest BCUT2D eigenvalue weighted by Gasteiger charge is 2.32. The number of rotatable bonds is 12. The van der Waals surface area contributed by atoms with E-state index in [4.69, 9.17) is 14.7 Å². The van der Waals surface area contributed by atoms with Gasteiger partial charge in [0.2, 0.25) is 11.8 Å². The van der Waals surface area contributed by atoms with Crippen molar-refractivity contribution in [3.05, 3.63) is 95.8 Å². The molecule has 1 aliphatic heterocycles. The fraction of sp³-hybridized carbons (Fsp3) is 0.344. The average molecular weight is 573 g/mol. The SMILES string of the molecule is O=C(CCCCCC(=O)Nc1cccc([C@@H]2O[C@H](Cn3cnc4ccccc43)C[C@H](c3ccc(CO)cc3)O2)c1)NO. The van der Waals surface area contributed by atoms with Gasteiger partial charge in [-0.15, -0.1) is 0 Å². The van der Waals surface area contributed by atoms with Crippen molar-refractivity contribution in [3.63, 3.8) is 0 Å². The van der Waals surface area contributed by atoms with Crippen LogP contribution in [0.25, 0.3) is 11.0 Å². The quantitative estimate of drug-likeness (QED) is 0.105. The van der Waals surface area contributed by atoms with Gasteiger partial charge in [0.15, 0.2) is 6.29 Å². The first-order valence-electron chi connectivity index (χ1n) is 14.3. The lowest BCUT2D eigenvalue weighted by molar-refractivity contribution is -0.252. The molecule has 42 heavy (non-hydrogen) atoms. The van der Waals surface area contributed by atoms with Crippen LogP contribution in [0.3, 0.4) is 0 Å². The molecule has 1 aromatic heterocycles. The van der Waals surface area contributed by atoms with Gasteiger partial charge in [-0.3, -0.25) is 14.8 Å². The molecule has 1 saturated heterocycles. The summed E-state index contributed by atoms with van der Waals surface area (Å²) in [5, 5.41) is 21.0. The number of fused-ring (bicyclic) bond motifs is 1. The number of carbonyl (C=O) groups is 2. The molecule has 0 unspecified atom stereocenters. The monoisotopic (exact) mass is 572 g/mol. The number of hydroxylamine groups is 1. The second-order valence-corrected chi connectivity index (χ2v) is 10.5. The van der Waals surface area contributed by atoms with E-state index in [1.807, 2.05) is 79.1 Å². The molecule has 4 N–H and O–H groups in total. The number of aliphatic hydroxyl groups excluding tert-OH is 1. The third-order valence-corrected chi connectivity index (χ3v) is 7.42. The largest absolute Gasteiger partial charge is 0.392 e. The molecule has 0 saturated carbocycles. The minimum atomic E-state index is -0.657. The van der Waals surface area contributed by atoms with Crippen molar-refractivity contribution < 1.29 is 29.4 Å². The lowest BCUT2D eigenvalue weighted by atomic mass is 10.00. The maximum Gasteiger partial charge on any atom is 0.243 e. The standard InChI is InChI=1S/C32H36N4O6/c37-20-22-13-15-23(16-14-22)29-18-26(19-36-21-33-27-9-4-5-10-28(27)36)41-32(42-29)24-7-6-8-25(17-24)34-30(38)11-2-1-3-12-31(39)35-40/h4-10,13-17,21,26,29,32,37,40H,1-3,11-12,18-20H2,(H,34,38)(H,35,39)/t26-,29+,32+/m0/s1. The Morgan fingerprint density at radius 3 is 2.48 bits per heavy atom. The van der Waals surface area contributed by atoms with Crippen LogP contribution < -0.4 is 10.8 Å². The summed E-state index contributed by atoms with van der Waals surface area (Å²) in [6.45, 7) is 0.579. The Hall–Kier alpha value is -4.09. The molecule has 0 radical (unpaired) electrons. The normalized spacial score (nSPS) is 18.6. The van der Waals surface area contributed by atoms with Gasteiger partial charge in [0.05, 0.1) is 42.7 Å². The number of anilines is 1. The molecule has 220 valence electrons. The van der Waals surface area contributed by atoms with E-state index in [0.717, 1.165) is 27.7 Å². The van der Waals surface area contributed by atoms with Gasteiger partial charge >= 0.3 is 0 Å². The predicted molar refractivity (Wildman–Crippen MR) is 156 cm³/mol. The summed E-state index contributed by atoms with van der Waals surface area (Å²) >= 11 is 0. The number of ether oxygens (including phenoxy) is 2. The van der Waals surface area contributed by atoms with Crippen LogP contribution in [0.15, 0.2) is 79.1 Å². The molecular weight excluding hydrogens is 536 g/mol. The van der Waals surface area contributed by atoms with Gasteiger partial charge < -0.3 is 24.5 Å². The van der Waals surface area contributed by atoms with Crippen molar-refractivity contribution >= 4 is 28.5 Å². The number of hydrogen-bond donors (Lipinski definition) is 4. The molecule has 10 nitrogen and oxygen atoms in total. The van der Waals surface area contributed by atoms with Crippen LogP contribution in [-0.2, 0) is 32.2 Å². The predicted octanol–water partition coefficient (Wildman–Crippen LogP) is 5.17. The molecule has 5 rings (SSSR count). The van der Waals surface area contributed by atoms with Gasteiger partial charge in [-0.2, -0.15) is 0 Å². The first-order chi connectivity index (χ1) is 20.5. The zero-order valence-corrected chi connectivity index (χ0v) is 23.3. The van der Waals surface area contributed by atoms with Gasteiger partial charge in [0.1, 0.15) is 0 Å². The van der Waals surface area contributed by atoms with Gasteiger partial charge in [0.25, 0.3) is 0 Å².